The van der Waals surface area contributed by atoms with Crippen LogP contribution in [0.15, 0.2) is 53.4 Å². The van der Waals surface area contributed by atoms with Crippen LogP contribution >= 0.6 is 0 Å². The van der Waals surface area contributed by atoms with Crippen molar-refractivity contribution in [2.75, 3.05) is 5.32 Å². The molecule has 0 spiro atoms. The third kappa shape index (κ3) is 3.61. The molecular weight excluding hydrogens is 270 g/mol. The lowest BCUT2D eigenvalue weighted by molar-refractivity contribution is 0.590. The molecule has 0 saturated carbocycles. The van der Waals surface area contributed by atoms with Crippen molar-refractivity contribution in [1.82, 2.24) is 0 Å². The number of hydrogen-bond acceptors (Lipinski definition) is 3. The minimum Gasteiger partial charge on any atom is -0.356 e. The minimum absolute atomic E-state index is 0.138. The summed E-state index contributed by atoms with van der Waals surface area (Å²) in [6, 6.07) is 15.0. The Morgan fingerprint density at radius 3 is 1.65 bits per heavy atom. The van der Waals surface area contributed by atoms with Crippen molar-refractivity contribution in [2.45, 2.75) is 31.1 Å². The van der Waals surface area contributed by atoms with Gasteiger partial charge in [-0.1, -0.05) is 32.9 Å². The Morgan fingerprint density at radius 1 is 0.800 bits per heavy atom. The molecule has 20 heavy (non-hydrogen) atoms. The molecule has 0 atom stereocenters. The first-order chi connectivity index (χ1) is 9.36. The molecule has 1 N–H and O–H groups in total. The molecule has 0 unspecified atom stereocenters. The van der Waals surface area contributed by atoms with Crippen molar-refractivity contribution in [2.24, 2.45) is 0 Å². The molecule has 0 aliphatic rings. The quantitative estimate of drug-likeness (QED) is 0.847. The summed E-state index contributed by atoms with van der Waals surface area (Å²) >= 11 is 0. The highest BCUT2D eigenvalue weighted by atomic mass is 32.2. The van der Waals surface area contributed by atoms with Crippen LogP contribution in [0.4, 0.5) is 11.4 Å². The Balaban J connectivity index is 2.14. The Labute approximate surface area is 121 Å². The van der Waals surface area contributed by atoms with E-state index < -0.39 is 10.7 Å². The number of anilines is 2. The van der Waals surface area contributed by atoms with Crippen LogP contribution in [-0.4, -0.2) is 8.42 Å². The molecule has 106 valence electrons. The molecule has 0 fully saturated rings. The summed E-state index contributed by atoms with van der Waals surface area (Å²) in [4.78, 5) is 0.327. The summed E-state index contributed by atoms with van der Waals surface area (Å²) in [5.74, 6) is 0. The Bertz CT molecular complexity index is 642. The highest BCUT2D eigenvalue weighted by Gasteiger charge is 2.12. The van der Waals surface area contributed by atoms with Gasteiger partial charge in [0.25, 0.3) is 0 Å². The van der Waals surface area contributed by atoms with Crippen LogP contribution in [0.1, 0.15) is 26.3 Å². The van der Waals surface area contributed by atoms with E-state index in [1.165, 1.54) is 5.56 Å². The average Bonchev–Trinajstić information content (AvgIpc) is 2.39. The van der Waals surface area contributed by atoms with Gasteiger partial charge < -0.3 is 5.32 Å². The summed E-state index contributed by atoms with van der Waals surface area (Å²) in [7, 11) is -2.51. The summed E-state index contributed by atoms with van der Waals surface area (Å²) in [5.41, 5.74) is 3.27. The second kappa shape index (κ2) is 5.67. The van der Waals surface area contributed by atoms with Gasteiger partial charge in [-0.2, -0.15) is 0 Å². The second-order valence-corrected chi connectivity index (χ2v) is 6.79. The standard InChI is InChI=1S/C16H19NO2S/c1-16(2,3)12-4-6-13(7-5-12)17-14-8-10-15(11-9-14)20(18)19/h4-11,17,20H,1-3H3. The molecule has 0 radical (unpaired) electrons. The molecule has 0 amide bonds. The molecule has 4 heteroatoms. The van der Waals surface area contributed by atoms with Crippen LogP contribution < -0.4 is 5.32 Å². The van der Waals surface area contributed by atoms with E-state index in [9.17, 15) is 8.42 Å². The maximum atomic E-state index is 10.8. The van der Waals surface area contributed by atoms with E-state index in [-0.39, 0.29) is 5.41 Å². The van der Waals surface area contributed by atoms with E-state index >= 15 is 0 Å². The SMILES string of the molecule is CC(C)(C)c1ccc(Nc2ccc([SH](=O)=O)cc2)cc1. The van der Waals surface area contributed by atoms with E-state index in [1.807, 2.05) is 12.1 Å². The highest BCUT2D eigenvalue weighted by molar-refractivity contribution is 7.72. The number of benzene rings is 2. The number of thiol groups is 1. The van der Waals surface area contributed by atoms with Gasteiger partial charge >= 0.3 is 0 Å². The molecule has 2 rings (SSSR count). The summed E-state index contributed by atoms with van der Waals surface area (Å²) in [6.45, 7) is 6.54. The largest absolute Gasteiger partial charge is 0.356 e. The fourth-order valence-electron chi connectivity index (χ4n) is 1.89. The molecular formula is C16H19NO2S. The van der Waals surface area contributed by atoms with Gasteiger partial charge in [0.1, 0.15) is 0 Å². The lowest BCUT2D eigenvalue weighted by Gasteiger charge is -2.19. The van der Waals surface area contributed by atoms with Gasteiger partial charge in [-0.05, 0) is 47.4 Å². The second-order valence-electron chi connectivity index (χ2n) is 5.76. The summed E-state index contributed by atoms with van der Waals surface area (Å²) < 4.78 is 21.6. The first kappa shape index (κ1) is 14.6. The van der Waals surface area contributed by atoms with E-state index in [1.54, 1.807) is 24.3 Å². The van der Waals surface area contributed by atoms with E-state index in [0.717, 1.165) is 11.4 Å². The lowest BCUT2D eigenvalue weighted by atomic mass is 9.87. The molecule has 0 saturated heterocycles. The lowest BCUT2D eigenvalue weighted by Crippen LogP contribution is -2.10. The highest BCUT2D eigenvalue weighted by Crippen LogP contribution is 2.25. The molecule has 0 heterocycles. The fraction of sp³-hybridized carbons (Fsp3) is 0.250. The first-order valence-electron chi connectivity index (χ1n) is 6.48. The smallest absolute Gasteiger partial charge is 0.168 e. The van der Waals surface area contributed by atoms with Crippen molar-refractivity contribution in [3.8, 4) is 0 Å². The Hall–Kier alpha value is -1.81. The van der Waals surface area contributed by atoms with Gasteiger partial charge in [-0.3, -0.25) is 0 Å². The van der Waals surface area contributed by atoms with Crippen LogP contribution in [-0.2, 0) is 16.1 Å². The molecule has 2 aromatic rings. The summed E-state index contributed by atoms with van der Waals surface area (Å²) in [5, 5.41) is 3.25. The number of rotatable bonds is 3. The fourth-order valence-corrected chi connectivity index (χ4v) is 2.28. The molecule has 0 bridgehead atoms. The third-order valence-electron chi connectivity index (χ3n) is 3.12. The first-order valence-corrected chi connectivity index (χ1v) is 7.66. The maximum absolute atomic E-state index is 10.8. The van der Waals surface area contributed by atoms with Crippen molar-refractivity contribution in [3.63, 3.8) is 0 Å². The zero-order valence-corrected chi connectivity index (χ0v) is 12.8. The van der Waals surface area contributed by atoms with E-state index in [4.69, 9.17) is 0 Å². The van der Waals surface area contributed by atoms with Gasteiger partial charge in [0, 0.05) is 11.4 Å². The summed E-state index contributed by atoms with van der Waals surface area (Å²) in [6.07, 6.45) is 0. The molecule has 2 aromatic carbocycles. The zero-order chi connectivity index (χ0) is 14.8. The van der Waals surface area contributed by atoms with Gasteiger partial charge in [0.05, 0.1) is 4.90 Å². The van der Waals surface area contributed by atoms with Gasteiger partial charge in [0.2, 0.25) is 0 Å². The average molecular weight is 289 g/mol. The topological polar surface area (TPSA) is 46.2 Å². The van der Waals surface area contributed by atoms with Gasteiger partial charge in [-0.15, -0.1) is 0 Å². The minimum atomic E-state index is -2.51. The van der Waals surface area contributed by atoms with E-state index in [0.29, 0.717) is 4.90 Å². The van der Waals surface area contributed by atoms with Crippen LogP contribution in [0, 0.1) is 0 Å². The zero-order valence-electron chi connectivity index (χ0n) is 11.9. The normalized spacial score (nSPS) is 11.6. The van der Waals surface area contributed by atoms with Crippen molar-refractivity contribution in [3.05, 3.63) is 54.1 Å². The van der Waals surface area contributed by atoms with Crippen molar-refractivity contribution >= 4 is 22.1 Å². The Morgan fingerprint density at radius 2 is 1.25 bits per heavy atom. The van der Waals surface area contributed by atoms with Crippen molar-refractivity contribution < 1.29 is 8.42 Å². The molecule has 3 nitrogen and oxygen atoms in total. The van der Waals surface area contributed by atoms with Crippen LogP contribution in [0.25, 0.3) is 0 Å². The monoisotopic (exact) mass is 289 g/mol. The number of nitrogens with one attached hydrogen (secondary N) is 1. The maximum Gasteiger partial charge on any atom is 0.168 e. The Kier molecular flexibility index (Phi) is 4.14. The third-order valence-corrected chi connectivity index (χ3v) is 3.84. The number of hydrogen-bond donors (Lipinski definition) is 2. The molecule has 0 aliphatic carbocycles. The van der Waals surface area contributed by atoms with Crippen LogP contribution in [0.5, 0.6) is 0 Å². The van der Waals surface area contributed by atoms with Gasteiger partial charge in [0.15, 0.2) is 10.7 Å². The predicted octanol–water partition coefficient (Wildman–Crippen LogP) is 3.70. The molecule has 0 aliphatic heterocycles. The molecule has 0 aromatic heterocycles. The van der Waals surface area contributed by atoms with E-state index in [2.05, 4.69) is 38.2 Å². The van der Waals surface area contributed by atoms with Crippen molar-refractivity contribution in [1.29, 1.82) is 0 Å². The predicted molar refractivity (Wildman–Crippen MR) is 83.4 cm³/mol. The van der Waals surface area contributed by atoms with Crippen LogP contribution in [0.3, 0.4) is 0 Å². The van der Waals surface area contributed by atoms with Crippen LogP contribution in [0.2, 0.25) is 0 Å². The van der Waals surface area contributed by atoms with Gasteiger partial charge in [-0.25, -0.2) is 8.42 Å².